The topological polar surface area (TPSA) is 52.6 Å². The fourth-order valence-electron chi connectivity index (χ4n) is 1.82. The molecule has 6 heteroatoms. The standard InChI is InChI=1S/C18H14F2O4/c1-23-18(22)11-24-15-6-2-12(3-7-15)17(21)9-4-13-10-14(19)5-8-16(13)20/h2-10H,11H2,1H3/b9-4+. The molecule has 0 aliphatic heterocycles. The Labute approximate surface area is 137 Å². The fourth-order valence-corrected chi connectivity index (χ4v) is 1.82. The molecule has 0 saturated heterocycles. The number of carbonyl (C=O) groups is 2. The summed E-state index contributed by atoms with van der Waals surface area (Å²) in [6.45, 7) is -0.234. The Hall–Kier alpha value is -3.02. The number of benzene rings is 2. The highest BCUT2D eigenvalue weighted by atomic mass is 19.1. The summed E-state index contributed by atoms with van der Waals surface area (Å²) in [6.07, 6.45) is 2.37. The number of halogens is 2. The summed E-state index contributed by atoms with van der Waals surface area (Å²) in [4.78, 5) is 23.0. The van der Waals surface area contributed by atoms with E-state index in [2.05, 4.69) is 4.74 Å². The molecule has 0 radical (unpaired) electrons. The van der Waals surface area contributed by atoms with Crippen LogP contribution in [0.5, 0.6) is 5.75 Å². The predicted octanol–water partition coefficient (Wildman–Crippen LogP) is 3.41. The van der Waals surface area contributed by atoms with Gasteiger partial charge < -0.3 is 9.47 Å². The Kier molecular flexibility index (Phi) is 5.78. The van der Waals surface area contributed by atoms with Crippen LogP contribution in [0.25, 0.3) is 6.08 Å². The lowest BCUT2D eigenvalue weighted by molar-refractivity contribution is -0.142. The molecule has 0 spiro atoms. The van der Waals surface area contributed by atoms with Crippen molar-refractivity contribution in [3.63, 3.8) is 0 Å². The van der Waals surface area contributed by atoms with E-state index in [4.69, 9.17) is 4.74 Å². The molecule has 0 fully saturated rings. The molecule has 24 heavy (non-hydrogen) atoms. The number of carbonyl (C=O) groups excluding carboxylic acids is 2. The SMILES string of the molecule is COC(=O)COc1ccc(C(=O)/C=C/c2cc(F)ccc2F)cc1. The second-order valence-corrected chi connectivity index (χ2v) is 4.75. The lowest BCUT2D eigenvalue weighted by atomic mass is 10.1. The van der Waals surface area contributed by atoms with Crippen molar-refractivity contribution in [3.8, 4) is 5.75 Å². The van der Waals surface area contributed by atoms with Crippen LogP contribution in [0.2, 0.25) is 0 Å². The van der Waals surface area contributed by atoms with Crippen LogP contribution in [0.3, 0.4) is 0 Å². The molecule has 124 valence electrons. The molecule has 0 amide bonds. The van der Waals surface area contributed by atoms with Crippen LogP contribution < -0.4 is 4.74 Å². The summed E-state index contributed by atoms with van der Waals surface area (Å²) >= 11 is 0. The molecule has 2 aromatic rings. The fraction of sp³-hybridized carbons (Fsp3) is 0.111. The molecule has 0 atom stereocenters. The third-order valence-electron chi connectivity index (χ3n) is 3.10. The largest absolute Gasteiger partial charge is 0.482 e. The van der Waals surface area contributed by atoms with Gasteiger partial charge in [-0.05, 0) is 54.6 Å². The van der Waals surface area contributed by atoms with E-state index < -0.39 is 17.6 Å². The highest BCUT2D eigenvalue weighted by Crippen LogP contribution is 2.15. The van der Waals surface area contributed by atoms with Gasteiger partial charge in [-0.2, -0.15) is 0 Å². The van der Waals surface area contributed by atoms with Crippen LogP contribution in [0.1, 0.15) is 15.9 Å². The lowest BCUT2D eigenvalue weighted by Gasteiger charge is -2.05. The number of hydrogen-bond donors (Lipinski definition) is 0. The minimum Gasteiger partial charge on any atom is -0.482 e. The molecule has 0 N–H and O–H groups in total. The first-order valence-corrected chi connectivity index (χ1v) is 6.97. The maximum atomic E-state index is 13.5. The van der Waals surface area contributed by atoms with Crippen LogP contribution in [0, 0.1) is 11.6 Å². The zero-order valence-corrected chi connectivity index (χ0v) is 12.8. The van der Waals surface area contributed by atoms with Crippen molar-refractivity contribution in [1.82, 2.24) is 0 Å². The molecule has 0 aliphatic carbocycles. The average Bonchev–Trinajstić information content (AvgIpc) is 2.60. The van der Waals surface area contributed by atoms with Gasteiger partial charge in [0.2, 0.25) is 0 Å². The van der Waals surface area contributed by atoms with E-state index in [0.29, 0.717) is 11.3 Å². The Morgan fingerprint density at radius 1 is 1.08 bits per heavy atom. The summed E-state index contributed by atoms with van der Waals surface area (Å²) in [5.74, 6) is -1.70. The molecular formula is C18H14F2O4. The molecule has 4 nitrogen and oxygen atoms in total. The molecule has 0 heterocycles. The van der Waals surface area contributed by atoms with Gasteiger partial charge in [0.1, 0.15) is 17.4 Å². The summed E-state index contributed by atoms with van der Waals surface area (Å²) in [5, 5.41) is 0. The van der Waals surface area contributed by atoms with Gasteiger partial charge in [0.15, 0.2) is 12.4 Å². The molecule has 2 aromatic carbocycles. The highest BCUT2D eigenvalue weighted by Gasteiger charge is 2.06. The second-order valence-electron chi connectivity index (χ2n) is 4.75. The molecule has 0 aromatic heterocycles. The van der Waals surface area contributed by atoms with Crippen molar-refractivity contribution >= 4 is 17.8 Å². The van der Waals surface area contributed by atoms with E-state index in [0.717, 1.165) is 24.3 Å². The number of methoxy groups -OCH3 is 1. The van der Waals surface area contributed by atoms with Crippen LogP contribution >= 0.6 is 0 Å². The van der Waals surface area contributed by atoms with Gasteiger partial charge in [-0.15, -0.1) is 0 Å². The number of allylic oxidation sites excluding steroid dienone is 1. The maximum Gasteiger partial charge on any atom is 0.343 e. The van der Waals surface area contributed by atoms with E-state index in [9.17, 15) is 18.4 Å². The molecule has 0 aliphatic rings. The monoisotopic (exact) mass is 332 g/mol. The number of ketones is 1. The summed E-state index contributed by atoms with van der Waals surface area (Å²) in [6, 6.07) is 9.04. The maximum absolute atomic E-state index is 13.5. The number of esters is 1. The first-order chi connectivity index (χ1) is 11.5. The van der Waals surface area contributed by atoms with Gasteiger partial charge in [-0.25, -0.2) is 13.6 Å². The van der Waals surface area contributed by atoms with Crippen molar-refractivity contribution in [2.24, 2.45) is 0 Å². The van der Waals surface area contributed by atoms with Gasteiger partial charge >= 0.3 is 5.97 Å². The molecule has 0 bridgehead atoms. The van der Waals surface area contributed by atoms with Gasteiger partial charge in [0.05, 0.1) is 7.11 Å². The number of rotatable bonds is 6. The van der Waals surface area contributed by atoms with Crippen molar-refractivity contribution < 1.29 is 27.8 Å². The third kappa shape index (κ3) is 4.74. The van der Waals surface area contributed by atoms with Crippen molar-refractivity contribution in [1.29, 1.82) is 0 Å². The first-order valence-electron chi connectivity index (χ1n) is 6.97. The van der Waals surface area contributed by atoms with E-state index in [-0.39, 0.29) is 18.0 Å². The van der Waals surface area contributed by atoms with E-state index in [1.807, 2.05) is 0 Å². The molecular weight excluding hydrogens is 318 g/mol. The summed E-state index contributed by atoms with van der Waals surface area (Å²) < 4.78 is 36.1. The van der Waals surface area contributed by atoms with Gasteiger partial charge in [0.25, 0.3) is 0 Å². The zero-order chi connectivity index (χ0) is 17.5. The minimum absolute atomic E-state index is 0.0126. The van der Waals surface area contributed by atoms with Crippen LogP contribution in [-0.2, 0) is 9.53 Å². The van der Waals surface area contributed by atoms with E-state index in [1.165, 1.54) is 37.5 Å². The Morgan fingerprint density at radius 2 is 1.79 bits per heavy atom. The number of ether oxygens (including phenoxy) is 2. The lowest BCUT2D eigenvalue weighted by Crippen LogP contribution is -2.12. The predicted molar refractivity (Wildman–Crippen MR) is 83.7 cm³/mol. The van der Waals surface area contributed by atoms with Crippen LogP contribution in [0.15, 0.2) is 48.5 Å². The van der Waals surface area contributed by atoms with Crippen molar-refractivity contribution in [2.45, 2.75) is 0 Å². The Balaban J connectivity index is 2.03. The highest BCUT2D eigenvalue weighted by molar-refractivity contribution is 6.06. The zero-order valence-electron chi connectivity index (χ0n) is 12.8. The quantitative estimate of drug-likeness (QED) is 0.462. The second kappa shape index (κ2) is 8.01. The van der Waals surface area contributed by atoms with Gasteiger partial charge in [0, 0.05) is 11.1 Å². The summed E-state index contributed by atoms with van der Waals surface area (Å²) in [7, 11) is 1.25. The van der Waals surface area contributed by atoms with Crippen molar-refractivity contribution in [2.75, 3.05) is 13.7 Å². The first kappa shape index (κ1) is 17.3. The Bertz CT molecular complexity index is 767. The van der Waals surface area contributed by atoms with Crippen LogP contribution in [0.4, 0.5) is 8.78 Å². The minimum atomic E-state index is -0.619. The summed E-state index contributed by atoms with van der Waals surface area (Å²) in [5.41, 5.74) is 0.329. The van der Waals surface area contributed by atoms with Gasteiger partial charge in [-0.3, -0.25) is 4.79 Å². The van der Waals surface area contributed by atoms with E-state index in [1.54, 1.807) is 0 Å². The third-order valence-corrected chi connectivity index (χ3v) is 3.10. The molecule has 2 rings (SSSR count). The van der Waals surface area contributed by atoms with E-state index >= 15 is 0 Å². The smallest absolute Gasteiger partial charge is 0.343 e. The Morgan fingerprint density at radius 3 is 2.46 bits per heavy atom. The average molecular weight is 332 g/mol. The van der Waals surface area contributed by atoms with Crippen LogP contribution in [-0.4, -0.2) is 25.5 Å². The van der Waals surface area contributed by atoms with Crippen molar-refractivity contribution in [3.05, 3.63) is 71.3 Å². The molecule has 0 unspecified atom stereocenters. The van der Waals surface area contributed by atoms with Gasteiger partial charge in [-0.1, -0.05) is 0 Å². The number of hydrogen-bond acceptors (Lipinski definition) is 4. The molecule has 0 saturated carbocycles. The normalized spacial score (nSPS) is 10.6.